The lowest BCUT2D eigenvalue weighted by atomic mass is 10.1. The minimum atomic E-state index is -0.495. The zero-order valence-electron chi connectivity index (χ0n) is 14.7. The molecule has 140 valence electrons. The molecule has 1 heterocycles. The molecule has 0 spiro atoms. The van der Waals surface area contributed by atoms with E-state index in [0.717, 1.165) is 25.7 Å². The molecule has 0 radical (unpaired) electrons. The molecule has 10 heteroatoms. The van der Waals surface area contributed by atoms with Crippen LogP contribution in [0.2, 0.25) is 0 Å². The first-order valence-corrected chi connectivity index (χ1v) is 8.63. The van der Waals surface area contributed by atoms with Gasteiger partial charge in [0.05, 0.1) is 24.9 Å². The van der Waals surface area contributed by atoms with Gasteiger partial charge >= 0.3 is 5.69 Å². The Bertz CT molecular complexity index is 830. The molecule has 0 aliphatic rings. The third-order valence-corrected chi connectivity index (χ3v) is 3.86. The highest BCUT2D eigenvalue weighted by atomic mass is 32.1. The SMILES string of the molecule is CCCCCCOc1c(OC)cc(/C=N\n2cn[nH]c2=S)cc1[N+](=O)[O-]. The summed E-state index contributed by atoms with van der Waals surface area (Å²) in [7, 11) is 1.44. The van der Waals surface area contributed by atoms with Crippen LogP contribution in [0.15, 0.2) is 23.6 Å². The van der Waals surface area contributed by atoms with E-state index in [4.69, 9.17) is 21.7 Å². The minimum absolute atomic E-state index is 0.131. The highest BCUT2D eigenvalue weighted by Crippen LogP contribution is 2.38. The molecule has 2 aromatic rings. The van der Waals surface area contributed by atoms with Gasteiger partial charge in [-0.15, -0.1) is 0 Å². The first-order valence-electron chi connectivity index (χ1n) is 8.22. The fourth-order valence-corrected chi connectivity index (χ4v) is 2.42. The Balaban J connectivity index is 2.25. The van der Waals surface area contributed by atoms with Crippen molar-refractivity contribution in [1.82, 2.24) is 14.9 Å². The number of nitrogens with one attached hydrogen (secondary N) is 1. The third kappa shape index (κ3) is 5.12. The molecule has 0 aliphatic carbocycles. The number of hydrogen-bond donors (Lipinski definition) is 1. The van der Waals surface area contributed by atoms with Gasteiger partial charge in [0, 0.05) is 11.6 Å². The first-order chi connectivity index (χ1) is 12.6. The minimum Gasteiger partial charge on any atom is -0.493 e. The van der Waals surface area contributed by atoms with Gasteiger partial charge in [0.2, 0.25) is 10.5 Å². The summed E-state index contributed by atoms with van der Waals surface area (Å²) >= 11 is 4.99. The number of nitrogens with zero attached hydrogens (tertiary/aromatic N) is 4. The van der Waals surface area contributed by atoms with Crippen molar-refractivity contribution in [3.63, 3.8) is 0 Å². The Labute approximate surface area is 155 Å². The number of H-pyrrole nitrogens is 1. The first kappa shape index (κ1) is 19.6. The average Bonchev–Trinajstić information content (AvgIpc) is 3.04. The third-order valence-electron chi connectivity index (χ3n) is 3.59. The van der Waals surface area contributed by atoms with Gasteiger partial charge in [0.15, 0.2) is 5.75 Å². The van der Waals surface area contributed by atoms with E-state index < -0.39 is 4.92 Å². The van der Waals surface area contributed by atoms with Crippen molar-refractivity contribution in [2.75, 3.05) is 13.7 Å². The predicted octanol–water partition coefficient (Wildman–Crippen LogP) is 3.70. The van der Waals surface area contributed by atoms with Crippen LogP contribution in [0.5, 0.6) is 11.5 Å². The van der Waals surface area contributed by atoms with Crippen LogP contribution in [-0.4, -0.2) is 39.7 Å². The second-order valence-electron chi connectivity index (χ2n) is 5.49. The van der Waals surface area contributed by atoms with Crippen molar-refractivity contribution in [2.24, 2.45) is 5.10 Å². The smallest absolute Gasteiger partial charge is 0.315 e. The normalized spacial score (nSPS) is 11.0. The molecule has 9 nitrogen and oxygen atoms in total. The molecule has 2 rings (SSSR count). The molecule has 0 saturated carbocycles. The lowest BCUT2D eigenvalue weighted by Gasteiger charge is -2.11. The Morgan fingerprint density at radius 2 is 2.23 bits per heavy atom. The fraction of sp³-hybridized carbons (Fsp3) is 0.438. The van der Waals surface area contributed by atoms with Gasteiger partial charge in [-0.1, -0.05) is 26.2 Å². The molecule has 0 bridgehead atoms. The molecular weight excluding hydrogens is 358 g/mol. The second kappa shape index (κ2) is 9.66. The van der Waals surface area contributed by atoms with Gasteiger partial charge in [-0.25, -0.2) is 0 Å². The number of aromatic amines is 1. The van der Waals surface area contributed by atoms with Gasteiger partial charge in [0.1, 0.15) is 6.33 Å². The number of nitro groups is 1. The van der Waals surface area contributed by atoms with Crippen molar-refractivity contribution >= 4 is 24.1 Å². The van der Waals surface area contributed by atoms with Crippen LogP contribution in [0.25, 0.3) is 0 Å². The summed E-state index contributed by atoms with van der Waals surface area (Å²) in [6.45, 7) is 2.51. The lowest BCUT2D eigenvalue weighted by Crippen LogP contribution is -2.04. The number of aromatic nitrogens is 3. The highest BCUT2D eigenvalue weighted by molar-refractivity contribution is 7.71. The summed E-state index contributed by atoms with van der Waals surface area (Å²) in [5, 5.41) is 21.9. The molecule has 0 unspecified atom stereocenters. The molecule has 0 saturated heterocycles. The van der Waals surface area contributed by atoms with E-state index in [2.05, 4.69) is 22.2 Å². The van der Waals surface area contributed by atoms with Gasteiger partial charge < -0.3 is 9.47 Å². The number of benzene rings is 1. The van der Waals surface area contributed by atoms with Crippen LogP contribution in [0, 0.1) is 14.9 Å². The van der Waals surface area contributed by atoms with Gasteiger partial charge in [-0.05, 0) is 24.7 Å². The molecule has 0 aliphatic heterocycles. The van der Waals surface area contributed by atoms with Gasteiger partial charge in [0.25, 0.3) is 0 Å². The van der Waals surface area contributed by atoms with Crippen molar-refractivity contribution in [3.8, 4) is 11.5 Å². The predicted molar refractivity (Wildman–Crippen MR) is 99.7 cm³/mol. The number of hydrogen-bond acceptors (Lipinski definition) is 7. The molecular formula is C16H21N5O4S. The zero-order valence-corrected chi connectivity index (χ0v) is 15.5. The Kier molecular flexibility index (Phi) is 7.27. The van der Waals surface area contributed by atoms with Crippen molar-refractivity contribution < 1.29 is 14.4 Å². The number of ether oxygens (including phenoxy) is 2. The monoisotopic (exact) mass is 379 g/mol. The molecule has 0 fully saturated rings. The van der Waals surface area contributed by atoms with E-state index in [1.165, 1.54) is 30.4 Å². The van der Waals surface area contributed by atoms with Crippen LogP contribution >= 0.6 is 12.2 Å². The van der Waals surface area contributed by atoms with Crippen LogP contribution < -0.4 is 9.47 Å². The summed E-state index contributed by atoms with van der Waals surface area (Å²) in [4.78, 5) is 11.0. The molecule has 1 N–H and O–H groups in total. The van der Waals surface area contributed by atoms with Crippen LogP contribution in [-0.2, 0) is 0 Å². The van der Waals surface area contributed by atoms with E-state index >= 15 is 0 Å². The van der Waals surface area contributed by atoms with E-state index in [0.29, 0.717) is 16.9 Å². The largest absolute Gasteiger partial charge is 0.493 e. The van der Waals surface area contributed by atoms with E-state index in [1.54, 1.807) is 6.07 Å². The quantitative estimate of drug-likeness (QED) is 0.222. The number of rotatable bonds is 10. The van der Waals surface area contributed by atoms with Gasteiger partial charge in [-0.2, -0.15) is 14.9 Å². The summed E-state index contributed by atoms with van der Waals surface area (Å²) in [5.41, 5.74) is 0.312. The zero-order chi connectivity index (χ0) is 18.9. The molecule has 26 heavy (non-hydrogen) atoms. The fourth-order valence-electron chi connectivity index (χ4n) is 2.27. The maximum atomic E-state index is 11.5. The summed E-state index contributed by atoms with van der Waals surface area (Å²) in [6.07, 6.45) is 6.90. The number of nitro benzene ring substituents is 1. The van der Waals surface area contributed by atoms with Gasteiger partial charge in [-0.3, -0.25) is 15.2 Å². The summed E-state index contributed by atoms with van der Waals surface area (Å²) < 4.78 is 12.6. The molecule has 1 aromatic heterocycles. The maximum Gasteiger partial charge on any atom is 0.315 e. The summed E-state index contributed by atoms with van der Waals surface area (Å²) in [5.74, 6) is 0.415. The van der Waals surface area contributed by atoms with E-state index in [9.17, 15) is 10.1 Å². The van der Waals surface area contributed by atoms with E-state index in [1.807, 2.05) is 0 Å². The Morgan fingerprint density at radius 3 is 2.85 bits per heavy atom. The van der Waals surface area contributed by atoms with Crippen molar-refractivity contribution in [3.05, 3.63) is 38.9 Å². The molecule has 1 aromatic carbocycles. The van der Waals surface area contributed by atoms with Crippen molar-refractivity contribution in [2.45, 2.75) is 32.6 Å². The lowest BCUT2D eigenvalue weighted by molar-refractivity contribution is -0.386. The topological polar surface area (TPSA) is 108 Å². The highest BCUT2D eigenvalue weighted by Gasteiger charge is 2.22. The van der Waals surface area contributed by atoms with Crippen LogP contribution in [0.4, 0.5) is 5.69 Å². The standard InChI is InChI=1S/C16H21N5O4S/c1-3-4-5-6-7-25-15-13(21(22)23)8-12(9-14(15)24-2)10-18-20-11-17-19-16(20)26/h8-11H,3-7H2,1-2H3,(H,19,26)/b18-10-. The Hall–Kier alpha value is -2.75. The Morgan fingerprint density at radius 1 is 1.42 bits per heavy atom. The van der Waals surface area contributed by atoms with Crippen molar-refractivity contribution in [1.29, 1.82) is 0 Å². The van der Waals surface area contributed by atoms with Crippen LogP contribution in [0.3, 0.4) is 0 Å². The molecule has 0 amide bonds. The average molecular weight is 379 g/mol. The maximum absolute atomic E-state index is 11.5. The number of unbranched alkanes of at least 4 members (excludes halogenated alkanes) is 3. The summed E-state index contributed by atoms with van der Waals surface area (Å²) in [6, 6.07) is 3.01. The number of methoxy groups -OCH3 is 1. The second-order valence-corrected chi connectivity index (χ2v) is 5.88. The van der Waals surface area contributed by atoms with E-state index in [-0.39, 0.29) is 17.2 Å². The molecule has 0 atom stereocenters. The van der Waals surface area contributed by atoms with Crippen LogP contribution in [0.1, 0.15) is 38.2 Å².